The molecule has 3 rings (SSSR count). The van der Waals surface area contributed by atoms with Crippen molar-refractivity contribution in [3.63, 3.8) is 0 Å². The Morgan fingerprint density at radius 2 is 2.35 bits per heavy atom. The molecule has 0 fully saturated rings. The zero-order valence-electron chi connectivity index (χ0n) is 9.47. The normalized spacial score (nSPS) is 15.8. The lowest BCUT2D eigenvalue weighted by Crippen LogP contribution is -2.29. The topological polar surface area (TPSA) is 68.2 Å². The molecule has 0 bridgehead atoms. The van der Waals surface area contributed by atoms with Crippen LogP contribution in [0.3, 0.4) is 0 Å². The lowest BCUT2D eigenvalue weighted by atomic mass is 10.1. The van der Waals surface area contributed by atoms with Crippen LogP contribution >= 0.6 is 0 Å². The molecule has 0 amide bonds. The highest BCUT2D eigenvalue weighted by Gasteiger charge is 2.21. The van der Waals surface area contributed by atoms with Crippen molar-refractivity contribution < 1.29 is 4.42 Å². The Kier molecular flexibility index (Phi) is 2.53. The predicted molar refractivity (Wildman–Crippen MR) is 63.0 cm³/mol. The van der Waals surface area contributed by atoms with Crippen molar-refractivity contribution in [1.29, 1.82) is 0 Å². The fourth-order valence-corrected chi connectivity index (χ4v) is 2.12. The smallest absolute Gasteiger partial charge is 0.292 e. The molecular formula is C12H14N4O. The third-order valence-corrected chi connectivity index (χ3v) is 2.94. The van der Waals surface area contributed by atoms with Gasteiger partial charge in [0.1, 0.15) is 5.76 Å². The van der Waals surface area contributed by atoms with Gasteiger partial charge in [0, 0.05) is 25.7 Å². The Labute approximate surface area is 99.3 Å². The first kappa shape index (κ1) is 10.3. The van der Waals surface area contributed by atoms with E-state index in [1.54, 1.807) is 0 Å². The maximum atomic E-state index is 5.55. The Balaban J connectivity index is 1.72. The van der Waals surface area contributed by atoms with Crippen LogP contribution in [0.1, 0.15) is 17.1 Å². The van der Waals surface area contributed by atoms with E-state index in [9.17, 15) is 0 Å². The summed E-state index contributed by atoms with van der Waals surface area (Å²) < 4.78 is 5.38. The molecule has 3 heterocycles. The lowest BCUT2D eigenvalue weighted by Gasteiger charge is -2.24. The number of aromatic nitrogens is 2. The lowest BCUT2D eigenvalue weighted by molar-refractivity contribution is 0.219. The number of nitrogens with two attached hydrogens (primary N) is 1. The van der Waals surface area contributed by atoms with Gasteiger partial charge in [0.2, 0.25) is 0 Å². The van der Waals surface area contributed by atoms with Gasteiger partial charge in [-0.25, -0.2) is 0 Å². The van der Waals surface area contributed by atoms with Crippen LogP contribution in [0.15, 0.2) is 28.8 Å². The summed E-state index contributed by atoms with van der Waals surface area (Å²) in [4.78, 5) is 10.8. The zero-order valence-corrected chi connectivity index (χ0v) is 9.47. The fourth-order valence-electron chi connectivity index (χ4n) is 2.12. The maximum absolute atomic E-state index is 5.55. The summed E-state index contributed by atoms with van der Waals surface area (Å²) >= 11 is 0. The third kappa shape index (κ3) is 2.14. The van der Waals surface area contributed by atoms with E-state index in [0.29, 0.717) is 0 Å². The molecule has 0 saturated heterocycles. The van der Waals surface area contributed by atoms with Gasteiger partial charge >= 0.3 is 0 Å². The number of nitrogens with zero attached hydrogens (tertiary/aromatic N) is 3. The summed E-state index contributed by atoms with van der Waals surface area (Å²) in [6, 6.07) is 6.23. The van der Waals surface area contributed by atoms with Crippen LogP contribution < -0.4 is 5.73 Å². The van der Waals surface area contributed by atoms with Crippen LogP contribution in [0.4, 0.5) is 6.01 Å². The first-order valence-electron chi connectivity index (χ1n) is 5.67. The quantitative estimate of drug-likeness (QED) is 0.839. The molecule has 0 unspecified atom stereocenters. The third-order valence-electron chi connectivity index (χ3n) is 2.94. The van der Waals surface area contributed by atoms with Gasteiger partial charge < -0.3 is 10.2 Å². The highest BCUT2D eigenvalue weighted by molar-refractivity contribution is 5.22. The fraction of sp³-hybridized carbons (Fsp3) is 0.333. The summed E-state index contributed by atoms with van der Waals surface area (Å²) in [6.07, 6.45) is 2.71. The average Bonchev–Trinajstić information content (AvgIpc) is 2.70. The van der Waals surface area contributed by atoms with E-state index in [4.69, 9.17) is 10.2 Å². The molecule has 2 aromatic rings. The minimum Gasteiger partial charge on any atom is -0.427 e. The Morgan fingerprint density at radius 1 is 1.41 bits per heavy atom. The van der Waals surface area contributed by atoms with Crippen LogP contribution in [0.2, 0.25) is 0 Å². The van der Waals surface area contributed by atoms with Crippen molar-refractivity contribution in [2.75, 3.05) is 12.3 Å². The molecule has 2 N–H and O–H groups in total. The summed E-state index contributed by atoms with van der Waals surface area (Å²) in [5.41, 5.74) is 7.62. The minimum atomic E-state index is 0.273. The Morgan fingerprint density at radius 3 is 3.18 bits per heavy atom. The minimum absolute atomic E-state index is 0.273. The van der Waals surface area contributed by atoms with Crippen LogP contribution in [-0.4, -0.2) is 21.4 Å². The van der Waals surface area contributed by atoms with Gasteiger partial charge in [0.05, 0.1) is 17.9 Å². The Bertz CT molecular complexity index is 508. The SMILES string of the molecule is Nc1nc2c(o1)CN(Cc1ccccn1)CC2. The first-order valence-corrected chi connectivity index (χ1v) is 5.67. The molecule has 0 radical (unpaired) electrons. The maximum Gasteiger partial charge on any atom is 0.292 e. The molecule has 1 aliphatic heterocycles. The van der Waals surface area contributed by atoms with Crippen molar-refractivity contribution in [3.8, 4) is 0 Å². The second kappa shape index (κ2) is 4.18. The molecular weight excluding hydrogens is 216 g/mol. The van der Waals surface area contributed by atoms with Gasteiger partial charge in [-0.05, 0) is 12.1 Å². The van der Waals surface area contributed by atoms with E-state index >= 15 is 0 Å². The van der Waals surface area contributed by atoms with E-state index in [2.05, 4.69) is 14.9 Å². The molecule has 0 aromatic carbocycles. The van der Waals surface area contributed by atoms with Crippen LogP contribution in [-0.2, 0) is 19.5 Å². The van der Waals surface area contributed by atoms with Gasteiger partial charge in [-0.3, -0.25) is 9.88 Å². The standard InChI is InChI=1S/C12H14N4O/c13-12-15-10-4-6-16(8-11(10)17-12)7-9-3-1-2-5-14-9/h1-3,5H,4,6-8H2,(H2,13,15). The molecule has 0 saturated carbocycles. The second-order valence-electron chi connectivity index (χ2n) is 4.20. The van der Waals surface area contributed by atoms with Crippen LogP contribution in [0.25, 0.3) is 0 Å². The Hall–Kier alpha value is -1.88. The molecule has 0 aliphatic carbocycles. The van der Waals surface area contributed by atoms with Crippen molar-refractivity contribution in [2.24, 2.45) is 0 Å². The average molecular weight is 230 g/mol. The second-order valence-corrected chi connectivity index (χ2v) is 4.20. The number of pyridine rings is 1. The van der Waals surface area contributed by atoms with Gasteiger partial charge in [-0.15, -0.1) is 0 Å². The van der Waals surface area contributed by atoms with Crippen LogP contribution in [0.5, 0.6) is 0 Å². The van der Waals surface area contributed by atoms with Crippen molar-refractivity contribution in [1.82, 2.24) is 14.9 Å². The number of fused-ring (bicyclic) bond motifs is 1. The number of hydrogen-bond acceptors (Lipinski definition) is 5. The summed E-state index contributed by atoms with van der Waals surface area (Å²) in [7, 11) is 0. The van der Waals surface area contributed by atoms with E-state index < -0.39 is 0 Å². The van der Waals surface area contributed by atoms with Crippen molar-refractivity contribution >= 4 is 6.01 Å². The van der Waals surface area contributed by atoms with Gasteiger partial charge in [-0.2, -0.15) is 4.98 Å². The number of rotatable bonds is 2. The van der Waals surface area contributed by atoms with E-state index in [-0.39, 0.29) is 6.01 Å². The number of hydrogen-bond donors (Lipinski definition) is 1. The highest BCUT2D eigenvalue weighted by atomic mass is 16.4. The molecule has 88 valence electrons. The molecule has 5 nitrogen and oxygen atoms in total. The summed E-state index contributed by atoms with van der Waals surface area (Å²) in [5.74, 6) is 0.893. The molecule has 0 atom stereocenters. The van der Waals surface area contributed by atoms with Crippen molar-refractivity contribution in [2.45, 2.75) is 19.5 Å². The van der Waals surface area contributed by atoms with Gasteiger partial charge in [0.25, 0.3) is 6.01 Å². The van der Waals surface area contributed by atoms with Gasteiger partial charge in [0.15, 0.2) is 0 Å². The summed E-state index contributed by atoms with van der Waals surface area (Å²) in [5, 5.41) is 0. The molecule has 17 heavy (non-hydrogen) atoms. The molecule has 1 aliphatic rings. The monoisotopic (exact) mass is 230 g/mol. The van der Waals surface area contributed by atoms with E-state index in [1.807, 2.05) is 24.4 Å². The number of oxazole rings is 1. The van der Waals surface area contributed by atoms with Crippen LogP contribution in [0, 0.1) is 0 Å². The van der Waals surface area contributed by atoms with E-state index in [1.165, 1.54) is 0 Å². The zero-order chi connectivity index (χ0) is 11.7. The highest BCUT2D eigenvalue weighted by Crippen LogP contribution is 2.21. The van der Waals surface area contributed by atoms with Crippen molar-refractivity contribution in [3.05, 3.63) is 41.5 Å². The largest absolute Gasteiger partial charge is 0.427 e. The molecule has 2 aromatic heterocycles. The number of nitrogen functional groups attached to an aromatic ring is 1. The number of anilines is 1. The molecule has 5 heteroatoms. The predicted octanol–water partition coefficient (Wildman–Crippen LogP) is 1.21. The molecule has 0 spiro atoms. The first-order chi connectivity index (χ1) is 8.31. The van der Waals surface area contributed by atoms with E-state index in [0.717, 1.165) is 43.2 Å². The summed E-state index contributed by atoms with van der Waals surface area (Å²) in [6.45, 7) is 2.56. The van der Waals surface area contributed by atoms with Gasteiger partial charge in [-0.1, -0.05) is 6.07 Å².